The molecule has 2 aromatic rings. The highest BCUT2D eigenvalue weighted by Gasteiger charge is 2.51. The number of hydrogen-bond acceptors (Lipinski definition) is 4. The summed E-state index contributed by atoms with van der Waals surface area (Å²) in [5, 5.41) is 2.93. The summed E-state index contributed by atoms with van der Waals surface area (Å²) >= 11 is 0. The molecule has 2 amide bonds. The zero-order valence-corrected chi connectivity index (χ0v) is 26.6. The average Bonchev–Trinajstić information content (AvgIpc) is 2.92. The molecular weight excluding hydrogens is 546 g/mol. The minimum Gasteiger partial charge on any atom is -0.354 e. The van der Waals surface area contributed by atoms with Crippen LogP contribution < -0.4 is 9.62 Å². The fraction of sp³-hybridized carbons (Fsp3) is 0.588. The van der Waals surface area contributed by atoms with Gasteiger partial charge in [-0.1, -0.05) is 50.2 Å². The summed E-state index contributed by atoms with van der Waals surface area (Å²) in [5.41, 5.74) is 3.92. The third kappa shape index (κ3) is 6.53. The molecule has 4 bridgehead atoms. The normalized spacial score (nSPS) is 25.3. The van der Waals surface area contributed by atoms with Crippen LogP contribution in [0.2, 0.25) is 0 Å². The number of amides is 2. The molecule has 4 saturated carbocycles. The van der Waals surface area contributed by atoms with Crippen molar-refractivity contribution in [3.63, 3.8) is 0 Å². The van der Waals surface area contributed by atoms with Gasteiger partial charge in [0.15, 0.2) is 0 Å². The second-order valence-corrected chi connectivity index (χ2v) is 15.7. The fourth-order valence-corrected chi connectivity index (χ4v) is 8.91. The van der Waals surface area contributed by atoms with Gasteiger partial charge in [0.1, 0.15) is 12.6 Å². The summed E-state index contributed by atoms with van der Waals surface area (Å²) in [5.74, 6) is 2.06. The number of anilines is 1. The first-order valence-corrected chi connectivity index (χ1v) is 17.4. The van der Waals surface area contributed by atoms with Gasteiger partial charge < -0.3 is 10.2 Å². The van der Waals surface area contributed by atoms with E-state index in [-0.39, 0.29) is 30.3 Å². The van der Waals surface area contributed by atoms with Crippen molar-refractivity contribution >= 4 is 27.5 Å². The monoisotopic (exact) mass is 593 g/mol. The summed E-state index contributed by atoms with van der Waals surface area (Å²) in [6.45, 7) is 8.04. The first-order valence-electron chi connectivity index (χ1n) is 15.5. The van der Waals surface area contributed by atoms with Crippen LogP contribution in [0.25, 0.3) is 0 Å². The molecule has 0 aromatic heterocycles. The van der Waals surface area contributed by atoms with Gasteiger partial charge in [0, 0.05) is 13.1 Å². The van der Waals surface area contributed by atoms with Crippen LogP contribution in [0.3, 0.4) is 0 Å². The van der Waals surface area contributed by atoms with Gasteiger partial charge in [-0.3, -0.25) is 13.9 Å². The van der Waals surface area contributed by atoms with Gasteiger partial charge >= 0.3 is 0 Å². The quantitative estimate of drug-likeness (QED) is 0.377. The van der Waals surface area contributed by atoms with Crippen molar-refractivity contribution in [3.8, 4) is 0 Å². The lowest BCUT2D eigenvalue weighted by Crippen LogP contribution is -2.51. The van der Waals surface area contributed by atoms with E-state index >= 15 is 0 Å². The van der Waals surface area contributed by atoms with Crippen molar-refractivity contribution in [2.75, 3.05) is 23.7 Å². The second-order valence-electron chi connectivity index (χ2n) is 13.8. The zero-order chi connectivity index (χ0) is 30.2. The molecule has 6 rings (SSSR count). The van der Waals surface area contributed by atoms with Crippen LogP contribution in [0, 0.1) is 30.6 Å². The molecule has 0 spiro atoms. The summed E-state index contributed by atoms with van der Waals surface area (Å²) < 4.78 is 27.3. The largest absolute Gasteiger partial charge is 0.354 e. The molecule has 2 aromatic carbocycles. The van der Waals surface area contributed by atoms with E-state index in [2.05, 4.69) is 17.4 Å². The number of carbonyl (C=O) groups is 2. The van der Waals surface area contributed by atoms with E-state index in [1.807, 2.05) is 57.2 Å². The molecule has 0 radical (unpaired) electrons. The van der Waals surface area contributed by atoms with E-state index in [1.165, 1.54) is 53.3 Å². The predicted octanol–water partition coefficient (Wildman–Crippen LogP) is 5.42. The molecule has 4 aliphatic carbocycles. The number of nitrogens with zero attached hydrogens (tertiary/aromatic N) is 2. The third-order valence-corrected chi connectivity index (χ3v) is 11.1. The highest BCUT2D eigenvalue weighted by molar-refractivity contribution is 7.92. The van der Waals surface area contributed by atoms with E-state index in [1.54, 1.807) is 6.92 Å². The van der Waals surface area contributed by atoms with Crippen molar-refractivity contribution in [2.45, 2.75) is 84.2 Å². The Labute approximate surface area is 252 Å². The Hall–Kier alpha value is -2.87. The van der Waals surface area contributed by atoms with Crippen LogP contribution in [0.4, 0.5) is 5.69 Å². The lowest BCUT2D eigenvalue weighted by molar-refractivity contribution is -0.139. The molecule has 228 valence electrons. The number of aryl methyl sites for hydroxylation is 1. The van der Waals surface area contributed by atoms with E-state index in [9.17, 15) is 18.0 Å². The lowest BCUT2D eigenvalue weighted by Gasteiger charge is -2.57. The van der Waals surface area contributed by atoms with Crippen LogP contribution in [0.5, 0.6) is 0 Å². The average molecular weight is 594 g/mol. The van der Waals surface area contributed by atoms with Crippen LogP contribution in [-0.2, 0) is 31.6 Å². The van der Waals surface area contributed by atoms with Crippen LogP contribution in [0.1, 0.15) is 76.0 Å². The van der Waals surface area contributed by atoms with Gasteiger partial charge in [-0.05, 0) is 110 Å². The van der Waals surface area contributed by atoms with Crippen LogP contribution >= 0.6 is 0 Å². The molecule has 7 nitrogen and oxygen atoms in total. The zero-order valence-electron chi connectivity index (χ0n) is 25.8. The Morgan fingerprint density at radius 1 is 0.929 bits per heavy atom. The first kappa shape index (κ1) is 30.6. The molecule has 0 heterocycles. The smallest absolute Gasteiger partial charge is 0.244 e. The lowest BCUT2D eigenvalue weighted by atomic mass is 9.48. The SMILES string of the molecule is Cc1ccccc1CN(C(=O)CN(c1ccc(C23CC4CC(CC(C4)C2)C3)cc1)S(C)(=O)=O)[C@@H](C)C(=O)NCC(C)C. The van der Waals surface area contributed by atoms with E-state index in [0.717, 1.165) is 35.1 Å². The van der Waals surface area contributed by atoms with Crippen molar-refractivity contribution in [2.24, 2.45) is 23.7 Å². The Morgan fingerprint density at radius 2 is 1.50 bits per heavy atom. The molecule has 0 unspecified atom stereocenters. The number of sulfonamides is 1. The van der Waals surface area contributed by atoms with Gasteiger partial charge in [-0.2, -0.15) is 0 Å². The Morgan fingerprint density at radius 3 is 2.02 bits per heavy atom. The third-order valence-electron chi connectivity index (χ3n) is 9.94. The van der Waals surface area contributed by atoms with Crippen LogP contribution in [0.15, 0.2) is 48.5 Å². The second kappa shape index (κ2) is 12.0. The number of benzene rings is 2. The fourth-order valence-electron chi connectivity index (χ4n) is 8.07. The van der Waals surface area contributed by atoms with Gasteiger partial charge in [0.05, 0.1) is 11.9 Å². The summed E-state index contributed by atoms with van der Waals surface area (Å²) in [7, 11) is -3.77. The maximum atomic E-state index is 13.9. The number of nitrogens with one attached hydrogen (secondary N) is 1. The van der Waals surface area contributed by atoms with Gasteiger partial charge in [-0.25, -0.2) is 8.42 Å². The molecule has 1 atom stereocenters. The van der Waals surface area contributed by atoms with E-state index in [0.29, 0.717) is 12.2 Å². The molecule has 42 heavy (non-hydrogen) atoms. The van der Waals surface area contributed by atoms with Crippen molar-refractivity contribution < 1.29 is 18.0 Å². The number of hydrogen-bond donors (Lipinski definition) is 1. The predicted molar refractivity (Wildman–Crippen MR) is 168 cm³/mol. The van der Waals surface area contributed by atoms with Gasteiger partial charge in [-0.15, -0.1) is 0 Å². The van der Waals surface area contributed by atoms with Crippen molar-refractivity contribution in [1.29, 1.82) is 0 Å². The topological polar surface area (TPSA) is 86.8 Å². The van der Waals surface area contributed by atoms with Crippen molar-refractivity contribution in [1.82, 2.24) is 10.2 Å². The Balaban J connectivity index is 1.38. The number of rotatable bonds is 11. The number of carbonyl (C=O) groups excluding carboxylic acids is 2. The Bertz CT molecular complexity index is 1370. The Kier molecular flexibility index (Phi) is 8.75. The molecule has 0 saturated heterocycles. The summed E-state index contributed by atoms with van der Waals surface area (Å²) in [4.78, 5) is 28.5. The van der Waals surface area contributed by atoms with E-state index < -0.39 is 22.0 Å². The molecule has 0 aliphatic heterocycles. The minimum absolute atomic E-state index is 0.210. The van der Waals surface area contributed by atoms with Gasteiger partial charge in [0.2, 0.25) is 21.8 Å². The highest BCUT2D eigenvalue weighted by atomic mass is 32.2. The molecular formula is C34H47N3O4S. The molecule has 8 heteroatoms. The maximum Gasteiger partial charge on any atom is 0.244 e. The minimum atomic E-state index is -3.77. The van der Waals surface area contributed by atoms with E-state index in [4.69, 9.17) is 0 Å². The maximum absolute atomic E-state index is 13.9. The molecule has 4 fully saturated rings. The highest BCUT2D eigenvalue weighted by Crippen LogP contribution is 2.60. The standard InChI is InChI=1S/C34H47N3O4S/c1-23(2)20-35-33(39)25(4)36(21-29-9-7-6-8-24(29)3)32(38)22-37(42(5,40)41)31-12-10-30(11-13-31)34-17-26-14-27(18-34)16-28(15-26)19-34/h6-13,23,25-28H,14-22H2,1-5H3,(H,35,39)/t25-,26?,27?,28?,34?/m0/s1. The van der Waals surface area contributed by atoms with Crippen molar-refractivity contribution in [3.05, 3.63) is 65.2 Å². The van der Waals surface area contributed by atoms with Gasteiger partial charge in [0.25, 0.3) is 0 Å². The molecule has 1 N–H and O–H groups in total. The molecule has 4 aliphatic rings. The summed E-state index contributed by atoms with van der Waals surface area (Å²) in [6.07, 6.45) is 8.94. The summed E-state index contributed by atoms with van der Waals surface area (Å²) in [6, 6.07) is 14.9. The first-order chi connectivity index (χ1) is 19.8. The van der Waals surface area contributed by atoms with Crippen LogP contribution in [-0.4, -0.2) is 50.5 Å².